The zero-order valence-electron chi connectivity index (χ0n) is 14.0. The van der Waals surface area contributed by atoms with Gasteiger partial charge < -0.3 is 13.9 Å². The molecule has 0 radical (unpaired) electrons. The summed E-state index contributed by atoms with van der Waals surface area (Å²) in [6.07, 6.45) is 0.579. The third-order valence-electron chi connectivity index (χ3n) is 4.09. The van der Waals surface area contributed by atoms with Gasteiger partial charge in [-0.1, -0.05) is 11.6 Å². The SMILES string of the molecule is Cc1nn(CCc2nnc(-c3ccc4c(c3)OCCO4)o2)c(C)c1Cl. The van der Waals surface area contributed by atoms with Crippen LogP contribution in [0.25, 0.3) is 11.5 Å². The number of rotatable bonds is 4. The summed E-state index contributed by atoms with van der Waals surface area (Å²) < 4.78 is 18.7. The number of aryl methyl sites for hydroxylation is 3. The maximum atomic E-state index is 6.17. The van der Waals surface area contributed by atoms with E-state index < -0.39 is 0 Å². The van der Waals surface area contributed by atoms with Crippen LogP contribution in [0.1, 0.15) is 17.3 Å². The largest absolute Gasteiger partial charge is 0.486 e. The van der Waals surface area contributed by atoms with Crippen molar-refractivity contribution in [2.75, 3.05) is 13.2 Å². The molecule has 7 nitrogen and oxygen atoms in total. The minimum atomic E-state index is 0.457. The van der Waals surface area contributed by atoms with Crippen LogP contribution in [0.2, 0.25) is 5.02 Å². The van der Waals surface area contributed by atoms with Crippen LogP contribution in [-0.2, 0) is 13.0 Å². The standard InChI is InChI=1S/C17H17ClN4O3/c1-10-16(18)11(2)22(21-10)6-5-15-19-20-17(25-15)12-3-4-13-14(9-12)24-8-7-23-13/h3-4,9H,5-8H2,1-2H3. The van der Waals surface area contributed by atoms with E-state index in [0.717, 1.165) is 22.7 Å². The lowest BCUT2D eigenvalue weighted by molar-refractivity contribution is 0.171. The summed E-state index contributed by atoms with van der Waals surface area (Å²) in [5.41, 5.74) is 2.56. The smallest absolute Gasteiger partial charge is 0.247 e. The highest BCUT2D eigenvalue weighted by Crippen LogP contribution is 2.34. The van der Waals surface area contributed by atoms with E-state index in [1.54, 1.807) is 0 Å². The second-order valence-electron chi connectivity index (χ2n) is 5.82. The minimum Gasteiger partial charge on any atom is -0.486 e. The van der Waals surface area contributed by atoms with Crippen molar-refractivity contribution in [1.29, 1.82) is 0 Å². The molecule has 0 saturated heterocycles. The molecule has 25 heavy (non-hydrogen) atoms. The van der Waals surface area contributed by atoms with Crippen LogP contribution >= 0.6 is 11.6 Å². The zero-order chi connectivity index (χ0) is 17.4. The summed E-state index contributed by atoms with van der Waals surface area (Å²) in [6, 6.07) is 5.59. The third kappa shape index (κ3) is 3.07. The van der Waals surface area contributed by atoms with Gasteiger partial charge in [0.15, 0.2) is 11.5 Å². The Morgan fingerprint density at radius 1 is 1.12 bits per heavy atom. The maximum absolute atomic E-state index is 6.17. The van der Waals surface area contributed by atoms with Crippen molar-refractivity contribution in [2.45, 2.75) is 26.8 Å². The molecule has 0 bridgehead atoms. The maximum Gasteiger partial charge on any atom is 0.247 e. The molecule has 4 rings (SSSR count). The van der Waals surface area contributed by atoms with Gasteiger partial charge in [0, 0.05) is 18.5 Å². The number of fused-ring (bicyclic) bond motifs is 1. The Bertz CT molecular complexity index is 919. The number of hydrogen-bond donors (Lipinski definition) is 0. The first-order chi connectivity index (χ1) is 12.1. The first-order valence-corrected chi connectivity index (χ1v) is 8.41. The van der Waals surface area contributed by atoms with Crippen LogP contribution in [0, 0.1) is 13.8 Å². The summed E-state index contributed by atoms with van der Waals surface area (Å²) >= 11 is 6.17. The number of nitrogens with zero attached hydrogens (tertiary/aromatic N) is 4. The van der Waals surface area contributed by atoms with Gasteiger partial charge in [0.1, 0.15) is 13.2 Å². The minimum absolute atomic E-state index is 0.457. The fourth-order valence-corrected chi connectivity index (χ4v) is 2.88. The van der Waals surface area contributed by atoms with Gasteiger partial charge in [0.05, 0.1) is 16.4 Å². The predicted molar refractivity (Wildman–Crippen MR) is 91.1 cm³/mol. The van der Waals surface area contributed by atoms with Gasteiger partial charge in [0.2, 0.25) is 11.8 Å². The lowest BCUT2D eigenvalue weighted by Crippen LogP contribution is -2.15. The molecule has 0 atom stereocenters. The predicted octanol–water partition coefficient (Wildman–Crippen LogP) is 3.22. The quantitative estimate of drug-likeness (QED) is 0.711. The molecule has 1 aliphatic rings. The van der Waals surface area contributed by atoms with Crippen molar-refractivity contribution in [3.05, 3.63) is 40.5 Å². The van der Waals surface area contributed by atoms with Crippen LogP contribution in [0.15, 0.2) is 22.6 Å². The molecule has 0 spiro atoms. The summed E-state index contributed by atoms with van der Waals surface area (Å²) in [5.74, 6) is 2.43. The molecule has 0 aliphatic carbocycles. The van der Waals surface area contributed by atoms with Crippen LogP contribution in [0.3, 0.4) is 0 Å². The van der Waals surface area contributed by atoms with Crippen LogP contribution in [0.4, 0.5) is 0 Å². The molecule has 0 N–H and O–H groups in total. The Morgan fingerprint density at radius 3 is 2.68 bits per heavy atom. The molecule has 1 aromatic carbocycles. The van der Waals surface area contributed by atoms with Gasteiger partial charge >= 0.3 is 0 Å². The van der Waals surface area contributed by atoms with Crippen molar-refractivity contribution in [3.8, 4) is 23.0 Å². The lowest BCUT2D eigenvalue weighted by atomic mass is 10.2. The van der Waals surface area contributed by atoms with E-state index in [-0.39, 0.29) is 0 Å². The highest BCUT2D eigenvalue weighted by Gasteiger charge is 2.16. The number of ether oxygens (including phenoxy) is 2. The molecule has 0 saturated carbocycles. The van der Waals surface area contributed by atoms with Crippen molar-refractivity contribution in [1.82, 2.24) is 20.0 Å². The van der Waals surface area contributed by atoms with Gasteiger partial charge in [0.25, 0.3) is 0 Å². The topological polar surface area (TPSA) is 75.2 Å². The molecule has 0 amide bonds. The number of benzene rings is 1. The van der Waals surface area contributed by atoms with E-state index in [0.29, 0.717) is 48.7 Å². The molecule has 3 aromatic rings. The second-order valence-corrected chi connectivity index (χ2v) is 6.20. The van der Waals surface area contributed by atoms with Gasteiger partial charge in [-0.3, -0.25) is 4.68 Å². The van der Waals surface area contributed by atoms with E-state index in [9.17, 15) is 0 Å². The molecule has 130 valence electrons. The van der Waals surface area contributed by atoms with Crippen molar-refractivity contribution in [2.24, 2.45) is 0 Å². The molecule has 2 aromatic heterocycles. The van der Waals surface area contributed by atoms with Crippen molar-refractivity contribution < 1.29 is 13.9 Å². The zero-order valence-corrected chi connectivity index (χ0v) is 14.7. The normalized spacial score (nSPS) is 13.2. The number of aromatic nitrogens is 4. The fraction of sp³-hybridized carbons (Fsp3) is 0.353. The first-order valence-electron chi connectivity index (χ1n) is 8.04. The monoisotopic (exact) mass is 360 g/mol. The van der Waals surface area contributed by atoms with E-state index in [1.165, 1.54) is 0 Å². The molecule has 0 unspecified atom stereocenters. The van der Waals surface area contributed by atoms with Crippen LogP contribution in [0.5, 0.6) is 11.5 Å². The van der Waals surface area contributed by atoms with Crippen LogP contribution in [-0.4, -0.2) is 33.2 Å². The Morgan fingerprint density at radius 2 is 1.92 bits per heavy atom. The van der Waals surface area contributed by atoms with Gasteiger partial charge in [-0.2, -0.15) is 5.10 Å². The van der Waals surface area contributed by atoms with E-state index in [2.05, 4.69) is 15.3 Å². The first kappa shape index (κ1) is 16.0. The molecule has 8 heteroatoms. The molecule has 1 aliphatic heterocycles. The summed E-state index contributed by atoms with van der Waals surface area (Å²) in [7, 11) is 0. The third-order valence-corrected chi connectivity index (χ3v) is 4.63. The summed E-state index contributed by atoms with van der Waals surface area (Å²) in [5, 5.41) is 13.3. The van der Waals surface area contributed by atoms with Crippen molar-refractivity contribution >= 4 is 11.6 Å². The van der Waals surface area contributed by atoms with Gasteiger partial charge in [-0.15, -0.1) is 10.2 Å². The highest BCUT2D eigenvalue weighted by atomic mass is 35.5. The van der Waals surface area contributed by atoms with Gasteiger partial charge in [-0.05, 0) is 32.0 Å². The molecular weight excluding hydrogens is 344 g/mol. The van der Waals surface area contributed by atoms with E-state index in [1.807, 2.05) is 36.7 Å². The molecule has 0 fully saturated rings. The van der Waals surface area contributed by atoms with E-state index >= 15 is 0 Å². The Labute approximate surface area is 149 Å². The summed E-state index contributed by atoms with van der Waals surface area (Å²) in [4.78, 5) is 0. The highest BCUT2D eigenvalue weighted by molar-refractivity contribution is 6.31. The van der Waals surface area contributed by atoms with Crippen LogP contribution < -0.4 is 9.47 Å². The number of hydrogen-bond acceptors (Lipinski definition) is 6. The second kappa shape index (κ2) is 6.40. The number of halogens is 1. The van der Waals surface area contributed by atoms with E-state index in [4.69, 9.17) is 25.5 Å². The van der Waals surface area contributed by atoms with Crippen molar-refractivity contribution in [3.63, 3.8) is 0 Å². The molecule has 3 heterocycles. The average Bonchev–Trinajstić information content (AvgIpc) is 3.20. The Kier molecular flexibility index (Phi) is 4.09. The average molecular weight is 361 g/mol. The Balaban J connectivity index is 1.49. The molecular formula is C17H17ClN4O3. The lowest BCUT2D eigenvalue weighted by Gasteiger charge is -2.18. The van der Waals surface area contributed by atoms with Gasteiger partial charge in [-0.25, -0.2) is 0 Å². The fourth-order valence-electron chi connectivity index (χ4n) is 2.74. The Hall–Kier alpha value is -2.54. The summed E-state index contributed by atoms with van der Waals surface area (Å²) in [6.45, 7) is 5.56.